The number of benzene rings is 1. The molecule has 7 heteroatoms. The molecule has 2 amide bonds. The van der Waals surface area contributed by atoms with Crippen molar-refractivity contribution >= 4 is 11.8 Å². The zero-order chi connectivity index (χ0) is 12.8. The molecule has 0 saturated heterocycles. The van der Waals surface area contributed by atoms with Crippen LogP contribution in [0.15, 0.2) is 18.2 Å². The van der Waals surface area contributed by atoms with Gasteiger partial charge in [0.1, 0.15) is 0 Å². The molecule has 0 aliphatic heterocycles. The second-order valence-electron chi connectivity index (χ2n) is 3.04. The second kappa shape index (κ2) is 5.90. The summed E-state index contributed by atoms with van der Waals surface area (Å²) in [4.78, 5) is 26.6. The Kier molecular flexibility index (Phi) is 4.53. The Morgan fingerprint density at radius 1 is 1.29 bits per heavy atom. The van der Waals surface area contributed by atoms with Gasteiger partial charge in [-0.2, -0.15) is 0 Å². The fraction of sp³-hybridized carbons (Fsp3) is 0.200. The van der Waals surface area contributed by atoms with Crippen LogP contribution in [0.25, 0.3) is 0 Å². The summed E-state index contributed by atoms with van der Waals surface area (Å²) in [6.07, 6.45) is 0. The minimum absolute atomic E-state index is 0.0749. The maximum absolute atomic E-state index is 12.8. The summed E-state index contributed by atoms with van der Waals surface area (Å²) in [5.41, 5.74) is 1.91. The molecule has 2 N–H and O–H groups in total. The Morgan fingerprint density at radius 3 is 2.59 bits per heavy atom. The van der Waals surface area contributed by atoms with Crippen molar-refractivity contribution in [2.45, 2.75) is 0 Å². The molecule has 0 saturated carbocycles. The molecule has 0 fully saturated rings. The highest BCUT2D eigenvalue weighted by Gasteiger charge is 2.10. The van der Waals surface area contributed by atoms with Crippen LogP contribution in [0.2, 0.25) is 0 Å². The Morgan fingerprint density at radius 2 is 2.00 bits per heavy atom. The van der Waals surface area contributed by atoms with Gasteiger partial charge in [0, 0.05) is 5.56 Å². The van der Waals surface area contributed by atoms with E-state index in [0.29, 0.717) is 0 Å². The van der Waals surface area contributed by atoms with Crippen LogP contribution in [0.4, 0.5) is 8.78 Å². The maximum Gasteiger partial charge on any atom is 0.262 e. The van der Waals surface area contributed by atoms with Crippen molar-refractivity contribution in [2.75, 3.05) is 13.7 Å². The van der Waals surface area contributed by atoms with Gasteiger partial charge in [0.2, 0.25) is 0 Å². The molecule has 1 aromatic rings. The van der Waals surface area contributed by atoms with Gasteiger partial charge >= 0.3 is 0 Å². The van der Waals surface area contributed by atoms with E-state index >= 15 is 0 Å². The molecule has 0 aliphatic carbocycles. The summed E-state index contributed by atoms with van der Waals surface area (Å²) in [5.74, 6) is -3.42. The molecule has 0 atom stereocenters. The van der Waals surface area contributed by atoms with E-state index < -0.39 is 23.4 Å². The molecule has 0 aromatic heterocycles. The van der Waals surface area contributed by atoms with Crippen LogP contribution in [0.3, 0.4) is 0 Å². The standard InChI is InChI=1S/C10H10F2N2O3/c1-17-14-9(15)5-13-10(16)6-2-3-7(11)8(12)4-6/h2-4H,5H2,1H3,(H,13,16)(H,14,15). The van der Waals surface area contributed by atoms with E-state index in [1.807, 2.05) is 5.48 Å². The van der Waals surface area contributed by atoms with Gasteiger partial charge in [0.15, 0.2) is 11.6 Å². The number of hydrogen-bond donors (Lipinski definition) is 2. The average Bonchev–Trinajstić information content (AvgIpc) is 2.30. The molecule has 5 nitrogen and oxygen atoms in total. The largest absolute Gasteiger partial charge is 0.343 e. The number of rotatable bonds is 4. The number of carbonyl (C=O) groups is 2. The van der Waals surface area contributed by atoms with Crippen molar-refractivity contribution in [2.24, 2.45) is 0 Å². The van der Waals surface area contributed by atoms with E-state index in [9.17, 15) is 18.4 Å². The molecule has 0 aliphatic rings. The zero-order valence-corrected chi connectivity index (χ0v) is 8.92. The van der Waals surface area contributed by atoms with Gasteiger partial charge in [0.25, 0.3) is 11.8 Å². The third kappa shape index (κ3) is 3.80. The molecule has 1 rings (SSSR count). The molecule has 92 valence electrons. The topological polar surface area (TPSA) is 67.4 Å². The van der Waals surface area contributed by atoms with E-state index in [4.69, 9.17) is 0 Å². The van der Waals surface area contributed by atoms with Crippen LogP contribution < -0.4 is 10.8 Å². The van der Waals surface area contributed by atoms with Crippen molar-refractivity contribution in [3.05, 3.63) is 35.4 Å². The molecule has 0 radical (unpaired) electrons. The van der Waals surface area contributed by atoms with Crippen molar-refractivity contribution in [1.29, 1.82) is 0 Å². The first-order chi connectivity index (χ1) is 8.04. The lowest BCUT2D eigenvalue weighted by Crippen LogP contribution is -2.36. The highest BCUT2D eigenvalue weighted by atomic mass is 19.2. The third-order valence-electron chi connectivity index (χ3n) is 1.81. The van der Waals surface area contributed by atoms with Gasteiger partial charge in [-0.25, -0.2) is 14.3 Å². The predicted molar refractivity (Wildman–Crippen MR) is 53.8 cm³/mol. The summed E-state index contributed by atoms with van der Waals surface area (Å²) in [6.45, 7) is -0.328. The molecule has 17 heavy (non-hydrogen) atoms. The zero-order valence-electron chi connectivity index (χ0n) is 8.92. The van der Waals surface area contributed by atoms with Crippen LogP contribution in [-0.4, -0.2) is 25.5 Å². The van der Waals surface area contributed by atoms with Gasteiger partial charge < -0.3 is 5.32 Å². The highest BCUT2D eigenvalue weighted by Crippen LogP contribution is 2.08. The van der Waals surface area contributed by atoms with E-state index in [1.165, 1.54) is 7.11 Å². The first-order valence-electron chi connectivity index (χ1n) is 4.59. The van der Waals surface area contributed by atoms with Crippen LogP contribution in [0.5, 0.6) is 0 Å². The fourth-order valence-electron chi connectivity index (χ4n) is 1.05. The molecular weight excluding hydrogens is 234 g/mol. The fourth-order valence-corrected chi connectivity index (χ4v) is 1.05. The van der Waals surface area contributed by atoms with Crippen molar-refractivity contribution in [1.82, 2.24) is 10.8 Å². The van der Waals surface area contributed by atoms with Crippen molar-refractivity contribution in [3.8, 4) is 0 Å². The number of hydroxylamine groups is 1. The summed E-state index contributed by atoms with van der Waals surface area (Å²) in [6, 6.07) is 2.69. The second-order valence-corrected chi connectivity index (χ2v) is 3.04. The van der Waals surface area contributed by atoms with Gasteiger partial charge in [-0.1, -0.05) is 0 Å². The Balaban J connectivity index is 2.58. The molecule has 0 spiro atoms. The summed E-state index contributed by atoms with van der Waals surface area (Å²) in [7, 11) is 1.25. The number of amides is 2. The minimum atomic E-state index is -1.13. The van der Waals surface area contributed by atoms with Crippen LogP contribution in [0, 0.1) is 11.6 Å². The lowest BCUT2D eigenvalue weighted by atomic mass is 10.2. The first kappa shape index (κ1) is 13.0. The quantitative estimate of drug-likeness (QED) is 0.752. The van der Waals surface area contributed by atoms with Gasteiger partial charge in [0.05, 0.1) is 13.7 Å². The lowest BCUT2D eigenvalue weighted by molar-refractivity contribution is -0.130. The minimum Gasteiger partial charge on any atom is -0.343 e. The van der Waals surface area contributed by atoms with E-state index in [1.54, 1.807) is 0 Å². The van der Waals surface area contributed by atoms with E-state index in [0.717, 1.165) is 18.2 Å². The number of halogens is 2. The normalized spacial score (nSPS) is 9.82. The third-order valence-corrected chi connectivity index (χ3v) is 1.81. The predicted octanol–water partition coefficient (Wildman–Crippen LogP) is 0.372. The number of nitrogens with one attached hydrogen (secondary N) is 2. The van der Waals surface area contributed by atoms with Crippen LogP contribution in [-0.2, 0) is 9.63 Å². The molecule has 1 aromatic carbocycles. The molecule has 0 unspecified atom stereocenters. The van der Waals surface area contributed by atoms with E-state index in [2.05, 4.69) is 10.2 Å². The lowest BCUT2D eigenvalue weighted by Gasteiger charge is -2.05. The summed E-state index contributed by atoms with van der Waals surface area (Å²) >= 11 is 0. The van der Waals surface area contributed by atoms with Gasteiger partial charge in [-0.3, -0.25) is 14.4 Å². The average molecular weight is 244 g/mol. The smallest absolute Gasteiger partial charge is 0.262 e. The maximum atomic E-state index is 12.8. The summed E-state index contributed by atoms with van der Waals surface area (Å²) < 4.78 is 25.4. The molecular formula is C10H10F2N2O3. The summed E-state index contributed by atoms with van der Waals surface area (Å²) in [5, 5.41) is 2.21. The van der Waals surface area contributed by atoms with Crippen molar-refractivity contribution < 1.29 is 23.2 Å². The molecule has 0 bridgehead atoms. The Labute approximate surface area is 95.7 Å². The molecule has 0 heterocycles. The van der Waals surface area contributed by atoms with Crippen molar-refractivity contribution in [3.63, 3.8) is 0 Å². The number of hydrogen-bond acceptors (Lipinski definition) is 3. The van der Waals surface area contributed by atoms with E-state index in [-0.39, 0.29) is 12.1 Å². The van der Waals surface area contributed by atoms with Gasteiger partial charge in [-0.15, -0.1) is 0 Å². The SMILES string of the molecule is CONC(=O)CNC(=O)c1ccc(F)c(F)c1. The highest BCUT2D eigenvalue weighted by molar-refractivity contribution is 5.96. The van der Waals surface area contributed by atoms with Crippen LogP contribution in [0.1, 0.15) is 10.4 Å². The van der Waals surface area contributed by atoms with Gasteiger partial charge in [-0.05, 0) is 18.2 Å². The Bertz CT molecular complexity index is 438. The monoisotopic (exact) mass is 244 g/mol. The number of carbonyl (C=O) groups excluding carboxylic acids is 2. The van der Waals surface area contributed by atoms with Crippen LogP contribution >= 0.6 is 0 Å². The first-order valence-corrected chi connectivity index (χ1v) is 4.59. The Hall–Kier alpha value is -2.02.